The molecule has 2 heterocycles. The smallest absolute Gasteiger partial charge is 0.316 e. The Morgan fingerprint density at radius 3 is 2.71 bits per heavy atom. The molecule has 0 radical (unpaired) electrons. The largest absolute Gasteiger partial charge is 0.382 e. The number of carbonyl (C=O) groups excluding carboxylic acids is 1. The highest BCUT2D eigenvalue weighted by Crippen LogP contribution is 2.22. The van der Waals surface area contributed by atoms with E-state index in [0.717, 1.165) is 18.8 Å². The third kappa shape index (κ3) is 3.37. The molecule has 0 saturated carbocycles. The molecule has 0 atom stereocenters. The van der Waals surface area contributed by atoms with Crippen LogP contribution >= 0.6 is 0 Å². The minimum atomic E-state index is -0.624. The number of hydrogen-bond acceptors (Lipinski definition) is 4. The molecule has 1 aliphatic carbocycles. The van der Waals surface area contributed by atoms with Gasteiger partial charge in [-0.3, -0.25) is 4.68 Å². The van der Waals surface area contributed by atoms with Crippen LogP contribution in [0.2, 0.25) is 0 Å². The standard InChI is InChI=1S/C16H21N7O/c1-22-15(17)14(10-19-22)20-12-6-5-11(9-13(12)21-16(18)24)23-7-3-2-4-8-23/h5-6,9-10H,2-4,7-8H2,1H3,(H4,17,18,19,21,24)/p+1. The number of nitrogens with one attached hydrogen (secondary N) is 1. The van der Waals surface area contributed by atoms with E-state index in [1.54, 1.807) is 17.9 Å². The average molecular weight is 328 g/mol. The van der Waals surface area contributed by atoms with Gasteiger partial charge in [-0.15, -0.1) is 0 Å². The van der Waals surface area contributed by atoms with Crippen molar-refractivity contribution in [3.8, 4) is 0 Å². The molecule has 0 bridgehead atoms. The number of amides is 2. The van der Waals surface area contributed by atoms with Crippen molar-refractivity contribution in [3.63, 3.8) is 0 Å². The summed E-state index contributed by atoms with van der Waals surface area (Å²) in [6.45, 7) is 2.03. The Kier molecular flexibility index (Phi) is 4.45. The fourth-order valence-electron chi connectivity index (χ4n) is 2.85. The Labute approximate surface area is 140 Å². The number of anilines is 1. The van der Waals surface area contributed by atoms with Gasteiger partial charge < -0.3 is 16.8 Å². The number of primary amides is 1. The van der Waals surface area contributed by atoms with Gasteiger partial charge in [0.1, 0.15) is 24.6 Å². The Morgan fingerprint density at radius 2 is 2.08 bits per heavy atom. The Morgan fingerprint density at radius 1 is 1.33 bits per heavy atom. The van der Waals surface area contributed by atoms with Gasteiger partial charge in [0.25, 0.3) is 0 Å². The Bertz CT molecular complexity index is 774. The maximum Gasteiger partial charge on any atom is 0.316 e. The van der Waals surface area contributed by atoms with Gasteiger partial charge in [-0.1, -0.05) is 0 Å². The maximum absolute atomic E-state index is 11.3. The summed E-state index contributed by atoms with van der Waals surface area (Å²) in [6, 6.07) is -0.624. The molecule has 8 heteroatoms. The van der Waals surface area contributed by atoms with Crippen molar-refractivity contribution < 1.29 is 9.37 Å². The predicted octanol–water partition coefficient (Wildman–Crippen LogP) is 0.834. The number of aromatic nitrogens is 2. The first-order chi connectivity index (χ1) is 11.5. The fourth-order valence-corrected chi connectivity index (χ4v) is 2.85. The summed E-state index contributed by atoms with van der Waals surface area (Å²) >= 11 is 0. The molecule has 1 aromatic heterocycles. The summed E-state index contributed by atoms with van der Waals surface area (Å²) in [7, 11) is 1.75. The zero-order valence-electron chi connectivity index (χ0n) is 13.7. The van der Waals surface area contributed by atoms with Crippen LogP contribution in [0.3, 0.4) is 0 Å². The van der Waals surface area contributed by atoms with E-state index in [0.29, 0.717) is 22.9 Å². The van der Waals surface area contributed by atoms with Gasteiger partial charge in [-0.2, -0.15) is 5.10 Å². The van der Waals surface area contributed by atoms with Crippen molar-refractivity contribution in [1.29, 1.82) is 0 Å². The van der Waals surface area contributed by atoms with Crippen molar-refractivity contribution >= 4 is 29.0 Å². The van der Waals surface area contributed by atoms with Gasteiger partial charge >= 0.3 is 6.03 Å². The molecule has 1 aromatic rings. The quantitative estimate of drug-likeness (QED) is 0.552. The lowest BCUT2D eigenvalue weighted by atomic mass is 10.1. The van der Waals surface area contributed by atoms with E-state index >= 15 is 0 Å². The Hall–Kier alpha value is -2.90. The topological polar surface area (TPSA) is 114 Å². The lowest BCUT2D eigenvalue weighted by Crippen LogP contribution is -2.34. The number of nitrogen functional groups attached to an aromatic ring is 1. The van der Waals surface area contributed by atoms with Gasteiger partial charge in [0, 0.05) is 32.0 Å². The van der Waals surface area contributed by atoms with Crippen LogP contribution < -0.4 is 16.8 Å². The lowest BCUT2D eigenvalue weighted by Gasteiger charge is -2.15. The van der Waals surface area contributed by atoms with Crippen LogP contribution in [-0.4, -0.2) is 44.9 Å². The molecule has 1 aliphatic heterocycles. The van der Waals surface area contributed by atoms with Crippen LogP contribution in [0.5, 0.6) is 0 Å². The normalized spacial score (nSPS) is 19.5. The maximum atomic E-state index is 11.3. The second-order valence-corrected chi connectivity index (χ2v) is 5.89. The minimum Gasteiger partial charge on any atom is -0.382 e. The molecule has 3 rings (SSSR count). The number of urea groups is 1. The van der Waals surface area contributed by atoms with Crippen molar-refractivity contribution in [2.24, 2.45) is 17.8 Å². The highest BCUT2D eigenvalue weighted by Gasteiger charge is 2.21. The van der Waals surface area contributed by atoms with Crippen LogP contribution in [-0.2, 0) is 7.05 Å². The summed E-state index contributed by atoms with van der Waals surface area (Å²) < 4.78 is 3.85. The molecular formula is C16H22N7O+. The van der Waals surface area contributed by atoms with Crippen LogP contribution in [0.4, 0.5) is 16.3 Å². The molecule has 0 aromatic carbocycles. The summed E-state index contributed by atoms with van der Waals surface area (Å²) in [5.74, 6) is 0.458. The number of aliphatic imine (C=N–C) groups is 1. The summed E-state index contributed by atoms with van der Waals surface area (Å²) in [5, 5.41) is 6.72. The van der Waals surface area contributed by atoms with E-state index < -0.39 is 6.03 Å². The van der Waals surface area contributed by atoms with Gasteiger partial charge in [0.05, 0.1) is 17.6 Å². The average Bonchev–Trinajstić information content (AvgIpc) is 2.89. The van der Waals surface area contributed by atoms with Crippen LogP contribution in [0, 0.1) is 0 Å². The second kappa shape index (κ2) is 6.69. The highest BCUT2D eigenvalue weighted by atomic mass is 16.2. The van der Waals surface area contributed by atoms with Gasteiger partial charge in [0.2, 0.25) is 5.71 Å². The minimum absolute atomic E-state index is 0.458. The number of allylic oxidation sites excluding steroid dienone is 3. The number of aryl methyl sites for hydroxylation is 1. The third-order valence-electron chi connectivity index (χ3n) is 4.16. The highest BCUT2D eigenvalue weighted by molar-refractivity contribution is 6.21. The number of carbonyl (C=O) groups is 1. The van der Waals surface area contributed by atoms with Gasteiger partial charge in [0.15, 0.2) is 0 Å². The molecule has 0 unspecified atom stereocenters. The number of hydrogen-bond donors (Lipinski definition) is 3. The number of piperidine rings is 1. The molecule has 2 aliphatic rings. The fraction of sp³-hybridized carbons (Fsp3) is 0.375. The summed E-state index contributed by atoms with van der Waals surface area (Å²) in [4.78, 5) is 15.9. The molecule has 1 fully saturated rings. The summed E-state index contributed by atoms with van der Waals surface area (Å²) in [5.41, 5.74) is 14.0. The van der Waals surface area contributed by atoms with E-state index in [1.807, 2.05) is 18.2 Å². The van der Waals surface area contributed by atoms with Crippen LogP contribution in [0.1, 0.15) is 19.3 Å². The van der Waals surface area contributed by atoms with E-state index in [4.69, 9.17) is 11.5 Å². The number of rotatable bonds is 2. The third-order valence-corrected chi connectivity index (χ3v) is 4.16. The molecule has 2 amide bonds. The van der Waals surface area contributed by atoms with Crippen molar-refractivity contribution in [2.45, 2.75) is 19.3 Å². The molecular weight excluding hydrogens is 306 g/mol. The summed E-state index contributed by atoms with van der Waals surface area (Å²) in [6.07, 6.45) is 11.0. The van der Waals surface area contributed by atoms with E-state index in [2.05, 4.69) is 20.0 Å². The number of nitrogens with zero attached hydrogens (tertiary/aromatic N) is 4. The first kappa shape index (κ1) is 16.0. The van der Waals surface area contributed by atoms with Gasteiger partial charge in [-0.05, 0) is 12.5 Å². The Balaban J connectivity index is 1.97. The van der Waals surface area contributed by atoms with Crippen LogP contribution in [0.25, 0.3) is 0 Å². The zero-order chi connectivity index (χ0) is 17.1. The van der Waals surface area contributed by atoms with Crippen LogP contribution in [0.15, 0.2) is 35.1 Å². The SMILES string of the molecule is Cn1ncc(/N=C2/C=CC(=[N+]3CCCCC3)C=C2NC(N)=O)c1N. The van der Waals surface area contributed by atoms with E-state index in [1.165, 1.54) is 19.3 Å². The molecule has 5 N–H and O–H groups in total. The molecule has 0 spiro atoms. The second-order valence-electron chi connectivity index (χ2n) is 5.89. The van der Waals surface area contributed by atoms with E-state index in [9.17, 15) is 4.79 Å². The lowest BCUT2D eigenvalue weighted by molar-refractivity contribution is -0.535. The molecule has 126 valence electrons. The zero-order valence-corrected chi connectivity index (χ0v) is 13.7. The first-order valence-electron chi connectivity index (χ1n) is 7.99. The van der Waals surface area contributed by atoms with E-state index in [-0.39, 0.29) is 0 Å². The predicted molar refractivity (Wildman–Crippen MR) is 93.5 cm³/mol. The molecule has 8 nitrogen and oxygen atoms in total. The molecule has 24 heavy (non-hydrogen) atoms. The molecule has 1 saturated heterocycles. The first-order valence-corrected chi connectivity index (χ1v) is 7.99. The van der Waals surface area contributed by atoms with Crippen molar-refractivity contribution in [3.05, 3.63) is 30.1 Å². The van der Waals surface area contributed by atoms with Gasteiger partial charge in [-0.25, -0.2) is 14.4 Å². The monoisotopic (exact) mass is 328 g/mol. The van der Waals surface area contributed by atoms with Crippen molar-refractivity contribution in [1.82, 2.24) is 15.1 Å². The number of nitrogens with two attached hydrogens (primary N) is 2. The van der Waals surface area contributed by atoms with Crippen molar-refractivity contribution in [2.75, 3.05) is 18.8 Å².